The molecule has 1 aliphatic rings. The van der Waals surface area contributed by atoms with E-state index in [9.17, 15) is 9.59 Å². The molecule has 9 nitrogen and oxygen atoms in total. The highest BCUT2D eigenvalue weighted by Gasteiger charge is 2.22. The Labute approximate surface area is 231 Å². The van der Waals surface area contributed by atoms with Crippen molar-refractivity contribution in [2.45, 2.75) is 6.92 Å². The van der Waals surface area contributed by atoms with Gasteiger partial charge >= 0.3 is 5.97 Å². The molecule has 200 valence electrons. The Hall–Kier alpha value is -4.37. The fraction of sp³-hybridized carbons (Fsp3) is 0.241. The summed E-state index contributed by atoms with van der Waals surface area (Å²) in [7, 11) is 0. The zero-order valence-corrected chi connectivity index (χ0v) is 22.3. The van der Waals surface area contributed by atoms with Crippen LogP contribution in [0.25, 0.3) is 17.1 Å². The molecule has 1 amide bonds. The number of nitrogens with zero attached hydrogens (tertiary/aromatic N) is 5. The zero-order chi connectivity index (χ0) is 27.2. The third kappa shape index (κ3) is 6.21. The maximum atomic E-state index is 12.6. The lowest BCUT2D eigenvalue weighted by atomic mass is 10.1. The SMILES string of the molecule is CCOC(=O)c1cc(-c2ccc(N3CCN(C(=O)COc4ccc(Cl)cc4)CC3)cc2)n(-c2ccccn2)n1. The summed E-state index contributed by atoms with van der Waals surface area (Å²) in [6.07, 6.45) is 1.68. The van der Waals surface area contributed by atoms with E-state index in [4.69, 9.17) is 21.1 Å². The Morgan fingerprint density at radius 3 is 2.36 bits per heavy atom. The van der Waals surface area contributed by atoms with Crippen LogP contribution in [0.5, 0.6) is 5.75 Å². The Bertz CT molecular complexity index is 1420. The van der Waals surface area contributed by atoms with Crippen LogP contribution in [-0.4, -0.2) is 70.9 Å². The van der Waals surface area contributed by atoms with Crippen LogP contribution in [0, 0.1) is 0 Å². The van der Waals surface area contributed by atoms with E-state index in [1.165, 1.54) is 0 Å². The van der Waals surface area contributed by atoms with Crippen LogP contribution < -0.4 is 9.64 Å². The fourth-order valence-electron chi connectivity index (χ4n) is 4.37. The molecule has 10 heteroatoms. The first-order chi connectivity index (χ1) is 19.0. The van der Waals surface area contributed by atoms with Gasteiger partial charge in [-0.2, -0.15) is 5.10 Å². The number of rotatable bonds is 8. The number of ether oxygens (including phenoxy) is 2. The number of piperazine rings is 1. The number of hydrogen-bond donors (Lipinski definition) is 0. The van der Waals surface area contributed by atoms with Crippen LogP contribution in [0.15, 0.2) is 79.0 Å². The molecule has 1 fully saturated rings. The lowest BCUT2D eigenvalue weighted by Gasteiger charge is -2.36. The summed E-state index contributed by atoms with van der Waals surface area (Å²) in [4.78, 5) is 33.5. The number of amides is 1. The van der Waals surface area contributed by atoms with E-state index in [2.05, 4.69) is 15.0 Å². The van der Waals surface area contributed by atoms with Crippen molar-refractivity contribution >= 4 is 29.2 Å². The highest BCUT2D eigenvalue weighted by atomic mass is 35.5. The van der Waals surface area contributed by atoms with Gasteiger partial charge in [-0.05, 0) is 61.5 Å². The van der Waals surface area contributed by atoms with Crippen LogP contribution >= 0.6 is 11.6 Å². The molecular formula is C29H28ClN5O4. The van der Waals surface area contributed by atoms with Gasteiger partial charge in [-0.15, -0.1) is 0 Å². The van der Waals surface area contributed by atoms with Crippen LogP contribution in [0.2, 0.25) is 5.02 Å². The van der Waals surface area contributed by atoms with Gasteiger partial charge in [0.1, 0.15) is 5.75 Å². The molecule has 2 aromatic carbocycles. The molecule has 0 aliphatic carbocycles. The predicted molar refractivity (Wildman–Crippen MR) is 148 cm³/mol. The second-order valence-electron chi connectivity index (χ2n) is 8.89. The Kier molecular flexibility index (Phi) is 8.07. The second kappa shape index (κ2) is 12.0. The molecule has 2 aromatic heterocycles. The van der Waals surface area contributed by atoms with Crippen molar-refractivity contribution in [1.29, 1.82) is 0 Å². The highest BCUT2D eigenvalue weighted by molar-refractivity contribution is 6.30. The first-order valence-electron chi connectivity index (χ1n) is 12.7. The summed E-state index contributed by atoms with van der Waals surface area (Å²) in [5.74, 6) is 0.703. The Balaban J connectivity index is 1.24. The predicted octanol–water partition coefficient (Wildman–Crippen LogP) is 4.49. The van der Waals surface area contributed by atoms with Gasteiger partial charge in [0.25, 0.3) is 5.91 Å². The molecule has 3 heterocycles. The first-order valence-corrected chi connectivity index (χ1v) is 13.1. The number of carbonyl (C=O) groups is 2. The van der Waals surface area contributed by atoms with E-state index in [0.717, 1.165) is 16.9 Å². The number of aromatic nitrogens is 3. The normalized spacial score (nSPS) is 13.3. The van der Waals surface area contributed by atoms with Gasteiger partial charge in [0.2, 0.25) is 0 Å². The van der Waals surface area contributed by atoms with Crippen LogP contribution in [0.1, 0.15) is 17.4 Å². The summed E-state index contributed by atoms with van der Waals surface area (Å²) in [5, 5.41) is 5.09. The van der Waals surface area contributed by atoms with E-state index in [1.54, 1.807) is 48.1 Å². The Morgan fingerprint density at radius 2 is 1.69 bits per heavy atom. The molecule has 1 saturated heterocycles. The number of halogens is 1. The van der Waals surface area contributed by atoms with Crippen molar-refractivity contribution in [3.63, 3.8) is 0 Å². The smallest absolute Gasteiger partial charge is 0.358 e. The molecule has 1 aliphatic heterocycles. The molecule has 39 heavy (non-hydrogen) atoms. The first kappa shape index (κ1) is 26.2. The van der Waals surface area contributed by atoms with Crippen molar-refractivity contribution in [2.75, 3.05) is 44.3 Å². The molecule has 4 aromatic rings. The zero-order valence-electron chi connectivity index (χ0n) is 21.5. The molecule has 0 N–H and O–H groups in total. The second-order valence-corrected chi connectivity index (χ2v) is 9.33. The van der Waals surface area contributed by atoms with Crippen LogP contribution in [-0.2, 0) is 9.53 Å². The minimum Gasteiger partial charge on any atom is -0.484 e. The summed E-state index contributed by atoms with van der Waals surface area (Å²) in [6.45, 7) is 4.68. The van der Waals surface area contributed by atoms with Gasteiger partial charge in [-0.25, -0.2) is 14.5 Å². The van der Waals surface area contributed by atoms with Crippen molar-refractivity contribution < 1.29 is 19.1 Å². The molecule has 0 unspecified atom stereocenters. The van der Waals surface area contributed by atoms with E-state index in [1.807, 2.05) is 47.4 Å². The van der Waals surface area contributed by atoms with E-state index in [-0.39, 0.29) is 24.8 Å². The van der Waals surface area contributed by atoms with E-state index < -0.39 is 5.97 Å². The number of benzene rings is 2. The summed E-state index contributed by atoms with van der Waals surface area (Å²) in [6, 6.07) is 22.3. The summed E-state index contributed by atoms with van der Waals surface area (Å²) in [5.41, 5.74) is 2.90. The van der Waals surface area contributed by atoms with Gasteiger partial charge in [0.15, 0.2) is 18.1 Å². The number of esters is 1. The maximum Gasteiger partial charge on any atom is 0.358 e. The quantitative estimate of drug-likeness (QED) is 0.301. The fourth-order valence-corrected chi connectivity index (χ4v) is 4.50. The van der Waals surface area contributed by atoms with Crippen LogP contribution in [0.3, 0.4) is 0 Å². The third-order valence-electron chi connectivity index (χ3n) is 6.40. The number of hydrogen-bond acceptors (Lipinski definition) is 7. The minimum atomic E-state index is -0.476. The van der Waals surface area contributed by atoms with Crippen molar-refractivity contribution in [2.24, 2.45) is 0 Å². The third-order valence-corrected chi connectivity index (χ3v) is 6.65. The highest BCUT2D eigenvalue weighted by Crippen LogP contribution is 2.27. The number of anilines is 1. The standard InChI is InChI=1S/C29H28ClN5O4/c1-2-38-29(37)25-19-26(35(32-25)27-5-3-4-14-31-27)21-6-10-23(11-7-21)33-15-17-34(18-16-33)28(36)20-39-24-12-8-22(30)9-13-24/h3-14,19H,2,15-18,20H2,1H3. The van der Waals surface area contributed by atoms with Crippen molar-refractivity contribution in [3.8, 4) is 22.8 Å². The van der Waals surface area contributed by atoms with Crippen molar-refractivity contribution in [1.82, 2.24) is 19.7 Å². The van der Waals surface area contributed by atoms with Gasteiger partial charge in [0, 0.05) is 48.6 Å². The van der Waals surface area contributed by atoms with Crippen molar-refractivity contribution in [3.05, 3.63) is 89.7 Å². The number of carbonyl (C=O) groups excluding carboxylic acids is 2. The van der Waals surface area contributed by atoms with Gasteiger partial charge < -0.3 is 19.3 Å². The topological polar surface area (TPSA) is 89.8 Å². The molecule has 5 rings (SSSR count). The lowest BCUT2D eigenvalue weighted by molar-refractivity contribution is -0.133. The molecule has 0 spiro atoms. The monoisotopic (exact) mass is 545 g/mol. The lowest BCUT2D eigenvalue weighted by Crippen LogP contribution is -2.50. The minimum absolute atomic E-state index is 0.00588. The largest absolute Gasteiger partial charge is 0.484 e. The molecule has 0 radical (unpaired) electrons. The average Bonchev–Trinajstić information content (AvgIpc) is 3.43. The molecular weight excluding hydrogens is 518 g/mol. The summed E-state index contributed by atoms with van der Waals surface area (Å²) < 4.78 is 12.4. The van der Waals surface area contributed by atoms with Crippen LogP contribution in [0.4, 0.5) is 5.69 Å². The molecule has 0 bridgehead atoms. The van der Waals surface area contributed by atoms with E-state index >= 15 is 0 Å². The molecule has 0 atom stereocenters. The number of pyridine rings is 1. The molecule has 0 saturated carbocycles. The van der Waals surface area contributed by atoms with Gasteiger partial charge in [-0.3, -0.25) is 4.79 Å². The maximum absolute atomic E-state index is 12.6. The van der Waals surface area contributed by atoms with Gasteiger partial charge in [-0.1, -0.05) is 29.8 Å². The van der Waals surface area contributed by atoms with Gasteiger partial charge in [0.05, 0.1) is 12.3 Å². The van der Waals surface area contributed by atoms with E-state index in [0.29, 0.717) is 42.8 Å². The Morgan fingerprint density at radius 1 is 0.949 bits per heavy atom. The average molecular weight is 546 g/mol. The summed E-state index contributed by atoms with van der Waals surface area (Å²) >= 11 is 5.90.